The van der Waals surface area contributed by atoms with Gasteiger partial charge in [-0.3, -0.25) is 0 Å². The molecular weight excluding hydrogens is 274 g/mol. The molecule has 4 nitrogen and oxygen atoms in total. The van der Waals surface area contributed by atoms with E-state index in [0.29, 0.717) is 12.1 Å². The summed E-state index contributed by atoms with van der Waals surface area (Å²) in [6.07, 6.45) is 14.3. The molecule has 2 aliphatic carbocycles. The van der Waals surface area contributed by atoms with Gasteiger partial charge in [-0.25, -0.2) is 4.79 Å². The van der Waals surface area contributed by atoms with Crippen molar-refractivity contribution in [2.75, 3.05) is 20.1 Å². The number of hydrogen-bond acceptors (Lipinski definition) is 2. The average molecular weight is 307 g/mol. The van der Waals surface area contributed by atoms with Gasteiger partial charge in [-0.1, -0.05) is 32.1 Å². The molecule has 1 heterocycles. The Morgan fingerprint density at radius 2 is 1.41 bits per heavy atom. The van der Waals surface area contributed by atoms with Crippen LogP contribution in [0, 0.1) is 0 Å². The second kappa shape index (κ2) is 7.67. The fraction of sp³-hybridized carbons (Fsp3) is 0.944. The SMILES string of the molecule is CNC(=O)N(C1CCCCC1)C1CCN(C2CCCC2)CC1. The van der Waals surface area contributed by atoms with Crippen LogP contribution >= 0.6 is 0 Å². The maximum Gasteiger partial charge on any atom is 0.317 e. The molecule has 1 aliphatic heterocycles. The normalized spacial score (nSPS) is 26.2. The van der Waals surface area contributed by atoms with Gasteiger partial charge in [-0.05, 0) is 38.5 Å². The highest BCUT2D eigenvalue weighted by molar-refractivity contribution is 5.74. The quantitative estimate of drug-likeness (QED) is 0.867. The minimum atomic E-state index is 0.159. The minimum absolute atomic E-state index is 0.159. The molecule has 0 aromatic carbocycles. The molecule has 1 N–H and O–H groups in total. The number of hydrogen-bond donors (Lipinski definition) is 1. The van der Waals surface area contributed by atoms with E-state index >= 15 is 0 Å². The second-order valence-corrected chi connectivity index (χ2v) is 7.46. The molecule has 2 amide bonds. The van der Waals surface area contributed by atoms with E-state index in [0.717, 1.165) is 6.04 Å². The van der Waals surface area contributed by atoms with Gasteiger partial charge in [0.2, 0.25) is 0 Å². The number of rotatable bonds is 3. The van der Waals surface area contributed by atoms with E-state index in [4.69, 9.17) is 0 Å². The molecule has 126 valence electrons. The van der Waals surface area contributed by atoms with Crippen LogP contribution in [0.25, 0.3) is 0 Å². The highest BCUT2D eigenvalue weighted by Crippen LogP contribution is 2.30. The molecule has 22 heavy (non-hydrogen) atoms. The predicted molar refractivity (Wildman–Crippen MR) is 90.0 cm³/mol. The monoisotopic (exact) mass is 307 g/mol. The van der Waals surface area contributed by atoms with E-state index in [1.54, 1.807) is 7.05 Å². The summed E-state index contributed by atoms with van der Waals surface area (Å²) in [6.45, 7) is 2.38. The zero-order chi connectivity index (χ0) is 15.4. The van der Waals surface area contributed by atoms with Crippen molar-refractivity contribution in [3.8, 4) is 0 Å². The first-order chi connectivity index (χ1) is 10.8. The van der Waals surface area contributed by atoms with Gasteiger partial charge in [0, 0.05) is 38.3 Å². The van der Waals surface area contributed by atoms with E-state index in [1.165, 1.54) is 83.7 Å². The lowest BCUT2D eigenvalue weighted by atomic mass is 9.91. The van der Waals surface area contributed by atoms with Crippen LogP contribution in [0.1, 0.15) is 70.6 Å². The van der Waals surface area contributed by atoms with E-state index in [1.807, 2.05) is 0 Å². The molecule has 0 aromatic heterocycles. The number of nitrogens with zero attached hydrogens (tertiary/aromatic N) is 2. The van der Waals surface area contributed by atoms with Crippen molar-refractivity contribution in [1.82, 2.24) is 15.1 Å². The minimum Gasteiger partial charge on any atom is -0.341 e. The van der Waals surface area contributed by atoms with Gasteiger partial charge in [0.15, 0.2) is 0 Å². The molecule has 0 aromatic rings. The molecule has 1 saturated heterocycles. The van der Waals surface area contributed by atoms with Crippen molar-refractivity contribution in [2.24, 2.45) is 0 Å². The third kappa shape index (κ3) is 3.58. The lowest BCUT2D eigenvalue weighted by Crippen LogP contribution is -2.55. The first-order valence-corrected chi connectivity index (χ1v) is 9.53. The Balaban J connectivity index is 1.58. The zero-order valence-electron chi connectivity index (χ0n) is 14.2. The summed E-state index contributed by atoms with van der Waals surface area (Å²) in [5, 5.41) is 2.90. The average Bonchev–Trinajstić information content (AvgIpc) is 3.11. The number of piperidine rings is 1. The van der Waals surface area contributed by atoms with Crippen LogP contribution in [0.5, 0.6) is 0 Å². The maximum atomic E-state index is 12.4. The van der Waals surface area contributed by atoms with Crippen LogP contribution in [0.15, 0.2) is 0 Å². The van der Waals surface area contributed by atoms with Crippen LogP contribution in [0.3, 0.4) is 0 Å². The fourth-order valence-electron chi connectivity index (χ4n) is 4.92. The lowest BCUT2D eigenvalue weighted by Gasteiger charge is -2.44. The number of nitrogens with one attached hydrogen (secondary N) is 1. The van der Waals surface area contributed by atoms with Crippen molar-refractivity contribution in [3.05, 3.63) is 0 Å². The Labute approximate surface area is 135 Å². The van der Waals surface area contributed by atoms with Crippen molar-refractivity contribution >= 4 is 6.03 Å². The van der Waals surface area contributed by atoms with Gasteiger partial charge >= 0.3 is 6.03 Å². The smallest absolute Gasteiger partial charge is 0.317 e. The summed E-state index contributed by atoms with van der Waals surface area (Å²) in [4.78, 5) is 17.4. The van der Waals surface area contributed by atoms with Crippen molar-refractivity contribution < 1.29 is 4.79 Å². The topological polar surface area (TPSA) is 35.6 Å². The van der Waals surface area contributed by atoms with E-state index < -0.39 is 0 Å². The van der Waals surface area contributed by atoms with Crippen LogP contribution < -0.4 is 5.32 Å². The first kappa shape index (κ1) is 16.1. The van der Waals surface area contributed by atoms with Crippen molar-refractivity contribution in [2.45, 2.75) is 88.8 Å². The molecule has 4 heteroatoms. The molecule has 3 fully saturated rings. The Morgan fingerprint density at radius 1 is 0.864 bits per heavy atom. The maximum absolute atomic E-state index is 12.4. The largest absolute Gasteiger partial charge is 0.341 e. The first-order valence-electron chi connectivity index (χ1n) is 9.53. The summed E-state index contributed by atoms with van der Waals surface area (Å²) in [7, 11) is 1.78. The highest BCUT2D eigenvalue weighted by Gasteiger charge is 2.35. The molecule has 0 radical (unpaired) electrons. The van der Waals surface area contributed by atoms with Gasteiger partial charge in [0.05, 0.1) is 0 Å². The molecule has 0 atom stereocenters. The molecule has 3 aliphatic rings. The van der Waals surface area contributed by atoms with Gasteiger partial charge in [-0.2, -0.15) is 0 Å². The number of amides is 2. The Morgan fingerprint density at radius 3 is 2.00 bits per heavy atom. The number of carbonyl (C=O) groups is 1. The number of likely N-dealkylation sites (tertiary alicyclic amines) is 1. The Hall–Kier alpha value is -0.770. The molecule has 3 rings (SSSR count). The number of urea groups is 1. The van der Waals surface area contributed by atoms with Crippen LogP contribution in [-0.4, -0.2) is 54.1 Å². The Bertz CT molecular complexity index is 353. The Kier molecular flexibility index (Phi) is 5.61. The number of carbonyl (C=O) groups excluding carboxylic acids is 1. The van der Waals surface area contributed by atoms with Gasteiger partial charge in [0.1, 0.15) is 0 Å². The molecule has 0 unspecified atom stereocenters. The summed E-state index contributed by atoms with van der Waals surface area (Å²) in [5.74, 6) is 0. The molecule has 0 spiro atoms. The van der Waals surface area contributed by atoms with Crippen molar-refractivity contribution in [1.29, 1.82) is 0 Å². The van der Waals surface area contributed by atoms with Gasteiger partial charge in [-0.15, -0.1) is 0 Å². The van der Waals surface area contributed by atoms with Crippen molar-refractivity contribution in [3.63, 3.8) is 0 Å². The fourth-order valence-corrected chi connectivity index (χ4v) is 4.92. The second-order valence-electron chi connectivity index (χ2n) is 7.46. The van der Waals surface area contributed by atoms with Gasteiger partial charge in [0.25, 0.3) is 0 Å². The standard InChI is InChI=1S/C18H33N3O/c1-19-18(22)21(16-9-3-2-4-10-16)17-11-13-20(14-12-17)15-7-5-6-8-15/h15-17H,2-14H2,1H3,(H,19,22). The van der Waals surface area contributed by atoms with E-state index in [9.17, 15) is 4.79 Å². The van der Waals surface area contributed by atoms with Crippen LogP contribution in [0.2, 0.25) is 0 Å². The summed E-state index contributed by atoms with van der Waals surface area (Å²) < 4.78 is 0. The molecule has 2 saturated carbocycles. The van der Waals surface area contributed by atoms with E-state index in [2.05, 4.69) is 15.1 Å². The van der Waals surface area contributed by atoms with Crippen LogP contribution in [-0.2, 0) is 0 Å². The summed E-state index contributed by atoms with van der Waals surface area (Å²) in [6, 6.07) is 1.94. The highest BCUT2D eigenvalue weighted by atomic mass is 16.2. The lowest BCUT2D eigenvalue weighted by molar-refractivity contribution is 0.0678. The van der Waals surface area contributed by atoms with E-state index in [-0.39, 0.29) is 6.03 Å². The summed E-state index contributed by atoms with van der Waals surface area (Å²) in [5.41, 5.74) is 0. The van der Waals surface area contributed by atoms with Gasteiger partial charge < -0.3 is 15.1 Å². The third-order valence-electron chi connectivity index (χ3n) is 6.15. The molecule has 0 bridgehead atoms. The summed E-state index contributed by atoms with van der Waals surface area (Å²) >= 11 is 0. The van der Waals surface area contributed by atoms with Crippen LogP contribution in [0.4, 0.5) is 4.79 Å². The molecular formula is C18H33N3O. The zero-order valence-corrected chi connectivity index (χ0v) is 14.2. The third-order valence-corrected chi connectivity index (χ3v) is 6.15. The predicted octanol–water partition coefficient (Wildman–Crippen LogP) is 3.37.